The maximum atomic E-state index is 14.1. The van der Waals surface area contributed by atoms with E-state index in [1.165, 1.54) is 70.6 Å². The molecule has 0 radical (unpaired) electrons. The van der Waals surface area contributed by atoms with Crippen LogP contribution in [-0.2, 0) is 42.9 Å². The van der Waals surface area contributed by atoms with E-state index in [-0.39, 0.29) is 75.1 Å². The van der Waals surface area contributed by atoms with E-state index in [2.05, 4.69) is 51.7 Å². The number of rotatable bonds is 51. The molecule has 0 aromatic heterocycles. The van der Waals surface area contributed by atoms with Gasteiger partial charge < -0.3 is 33.5 Å². The molecule has 0 saturated heterocycles. The highest BCUT2D eigenvalue weighted by Gasteiger charge is 2.28. The Kier molecular flexibility index (Phi) is 47.7. The molecule has 1 amide bonds. The molecule has 0 aliphatic carbocycles. The van der Waals surface area contributed by atoms with E-state index in [1.807, 2.05) is 14.1 Å². The van der Waals surface area contributed by atoms with Gasteiger partial charge in [-0.1, -0.05) is 156 Å². The summed E-state index contributed by atoms with van der Waals surface area (Å²) < 4.78 is 29.9. The van der Waals surface area contributed by atoms with Crippen LogP contribution in [-0.4, -0.2) is 106 Å². The number of amides is 1. The van der Waals surface area contributed by atoms with Gasteiger partial charge in [-0.15, -0.1) is 0 Å². The molecular formula is C57H108N2O9. The van der Waals surface area contributed by atoms with Crippen molar-refractivity contribution in [1.29, 1.82) is 0 Å². The smallest absolute Gasteiger partial charge is 0.306 e. The van der Waals surface area contributed by atoms with E-state index < -0.39 is 6.04 Å². The van der Waals surface area contributed by atoms with Crippen LogP contribution < -0.4 is 0 Å². The molecular weight excluding hydrogens is 857 g/mol. The number of carbonyl (C=O) groups excluding carboxylic acids is 4. The van der Waals surface area contributed by atoms with Gasteiger partial charge in [0.25, 0.3) is 0 Å². The highest BCUT2D eigenvalue weighted by atomic mass is 16.7. The highest BCUT2D eigenvalue weighted by Crippen LogP contribution is 2.18. The van der Waals surface area contributed by atoms with Gasteiger partial charge in [-0.3, -0.25) is 19.2 Å². The second-order valence-electron chi connectivity index (χ2n) is 19.5. The van der Waals surface area contributed by atoms with Crippen molar-refractivity contribution in [2.75, 3.05) is 53.6 Å². The van der Waals surface area contributed by atoms with Crippen LogP contribution in [0.3, 0.4) is 0 Å². The molecule has 2 unspecified atom stereocenters. The molecule has 0 aromatic rings. The zero-order chi connectivity index (χ0) is 50.1. The van der Waals surface area contributed by atoms with E-state index in [4.69, 9.17) is 23.7 Å². The minimum Gasteiger partial charge on any atom is -0.463 e. The Balaban J connectivity index is 5.64. The van der Waals surface area contributed by atoms with E-state index in [9.17, 15) is 19.2 Å². The summed E-state index contributed by atoms with van der Waals surface area (Å²) in [7, 11) is 3.96. The fourth-order valence-corrected chi connectivity index (χ4v) is 8.24. The molecule has 0 spiro atoms. The van der Waals surface area contributed by atoms with Crippen molar-refractivity contribution in [1.82, 2.24) is 9.80 Å². The molecule has 2 atom stereocenters. The molecule has 0 fully saturated rings. The minimum atomic E-state index is -0.687. The predicted molar refractivity (Wildman–Crippen MR) is 281 cm³/mol. The lowest BCUT2D eigenvalue weighted by Crippen LogP contribution is -2.47. The second-order valence-corrected chi connectivity index (χ2v) is 19.5. The van der Waals surface area contributed by atoms with E-state index in [1.54, 1.807) is 4.90 Å². The first kappa shape index (κ1) is 65.5. The summed E-state index contributed by atoms with van der Waals surface area (Å²) in [5, 5.41) is 0. The van der Waals surface area contributed by atoms with Gasteiger partial charge in [0.15, 0.2) is 6.29 Å². The number of hydrogen-bond acceptors (Lipinski definition) is 10. The van der Waals surface area contributed by atoms with Crippen LogP contribution in [0.2, 0.25) is 0 Å². The summed E-state index contributed by atoms with van der Waals surface area (Å²) in [5.41, 5.74) is 0. The fourth-order valence-electron chi connectivity index (χ4n) is 8.24. The van der Waals surface area contributed by atoms with Crippen LogP contribution >= 0.6 is 0 Å². The van der Waals surface area contributed by atoms with Crippen LogP contribution in [0.4, 0.5) is 0 Å². The number of ether oxygens (including phenoxy) is 5. The van der Waals surface area contributed by atoms with Gasteiger partial charge in [-0.2, -0.15) is 0 Å². The van der Waals surface area contributed by atoms with Crippen molar-refractivity contribution in [3.05, 3.63) is 12.2 Å². The number of unbranched alkanes of at least 4 members (excludes halogenated alkanes) is 20. The number of carbonyl (C=O) groups is 4. The first-order chi connectivity index (χ1) is 33.1. The highest BCUT2D eigenvalue weighted by molar-refractivity contribution is 5.82. The monoisotopic (exact) mass is 965 g/mol. The van der Waals surface area contributed by atoms with Gasteiger partial charge in [-0.25, -0.2) is 0 Å². The Morgan fingerprint density at radius 1 is 0.441 bits per heavy atom. The lowest BCUT2D eigenvalue weighted by Gasteiger charge is -2.32. The average Bonchev–Trinajstić information content (AvgIpc) is 3.32. The lowest BCUT2D eigenvalue weighted by atomic mass is 10.1. The Morgan fingerprint density at radius 2 is 0.912 bits per heavy atom. The molecule has 400 valence electrons. The Hall–Kier alpha value is -2.50. The summed E-state index contributed by atoms with van der Waals surface area (Å²) >= 11 is 0. The molecule has 11 nitrogen and oxygen atoms in total. The average molecular weight is 965 g/mol. The molecule has 0 rings (SSSR count). The van der Waals surface area contributed by atoms with Crippen molar-refractivity contribution in [2.24, 2.45) is 0 Å². The van der Waals surface area contributed by atoms with Crippen LogP contribution in [0, 0.1) is 0 Å². The Morgan fingerprint density at radius 3 is 1.43 bits per heavy atom. The van der Waals surface area contributed by atoms with Crippen LogP contribution in [0.1, 0.15) is 259 Å². The topological polar surface area (TPSA) is 121 Å². The van der Waals surface area contributed by atoms with Gasteiger partial charge in [0.05, 0.1) is 12.5 Å². The number of allylic oxidation sites excluding steroid dienone is 2. The van der Waals surface area contributed by atoms with E-state index >= 15 is 0 Å². The molecule has 0 bridgehead atoms. The van der Waals surface area contributed by atoms with Crippen molar-refractivity contribution in [3.63, 3.8) is 0 Å². The molecule has 0 aliphatic rings. The lowest BCUT2D eigenvalue weighted by molar-refractivity contribution is -0.156. The van der Waals surface area contributed by atoms with Gasteiger partial charge in [0.1, 0.15) is 19.3 Å². The second kappa shape index (κ2) is 49.5. The quantitative estimate of drug-likeness (QED) is 0.0191. The van der Waals surface area contributed by atoms with Crippen molar-refractivity contribution in [3.8, 4) is 0 Å². The maximum absolute atomic E-state index is 14.1. The van der Waals surface area contributed by atoms with Crippen molar-refractivity contribution < 1.29 is 42.9 Å². The zero-order valence-electron chi connectivity index (χ0n) is 45.4. The van der Waals surface area contributed by atoms with Gasteiger partial charge >= 0.3 is 17.9 Å². The molecule has 68 heavy (non-hydrogen) atoms. The third kappa shape index (κ3) is 42.4. The largest absolute Gasteiger partial charge is 0.463 e. The first-order valence-electron chi connectivity index (χ1n) is 28.4. The number of nitrogens with zero attached hydrogens (tertiary/aromatic N) is 2. The maximum Gasteiger partial charge on any atom is 0.306 e. The summed E-state index contributed by atoms with van der Waals surface area (Å²) in [4.78, 5) is 57.2. The fraction of sp³-hybridized carbons (Fsp3) is 0.895. The van der Waals surface area contributed by atoms with Gasteiger partial charge in [0.2, 0.25) is 5.91 Å². The third-order valence-corrected chi connectivity index (χ3v) is 12.5. The van der Waals surface area contributed by atoms with E-state index in [0.717, 1.165) is 116 Å². The molecule has 0 aliphatic heterocycles. The van der Waals surface area contributed by atoms with E-state index in [0.29, 0.717) is 39.0 Å². The van der Waals surface area contributed by atoms with Crippen LogP contribution in [0.25, 0.3) is 0 Å². The predicted octanol–water partition coefficient (Wildman–Crippen LogP) is 14.4. The summed E-state index contributed by atoms with van der Waals surface area (Å²) in [6, 6.07) is -0.687. The van der Waals surface area contributed by atoms with Crippen molar-refractivity contribution in [2.45, 2.75) is 278 Å². The standard InChI is InChI=1S/C57H108N2O9/c1-8-13-17-21-22-23-24-25-26-27-28-32-40-54(61)66-49-51(59(46-37-45-58(6)7)53(60)43-44-56(63)68-52(38-12-5)39-31-20-16-11-4)50-67-55(62)41-33-34-42-57(64-47-35-29-18-14-9-2)65-48-36-30-19-15-10-3/h24-25,51-52,57H,8-23,26-50H2,1-7H3/b25-24-. The SMILES string of the molecule is CCCCCCC/C=C\CCCCCC(=O)OCC(COC(=O)CCCCC(OCCCCCCC)OCCCCCCC)N(CCCN(C)C)C(=O)CCC(=O)OC(CCC)CCCCCC. The van der Waals surface area contributed by atoms with Gasteiger partial charge in [0, 0.05) is 39.0 Å². The molecule has 0 aromatic carbocycles. The number of hydrogen-bond donors (Lipinski definition) is 0. The summed E-state index contributed by atoms with van der Waals surface area (Å²) in [6.07, 6.45) is 37.3. The molecule has 11 heteroatoms. The number of esters is 3. The van der Waals surface area contributed by atoms with Gasteiger partial charge in [-0.05, 0) is 111 Å². The minimum absolute atomic E-state index is 0.0369. The summed E-state index contributed by atoms with van der Waals surface area (Å²) in [5.74, 6) is -1.30. The normalized spacial score (nSPS) is 12.5. The van der Waals surface area contributed by atoms with Crippen molar-refractivity contribution >= 4 is 23.8 Å². The molecule has 0 saturated carbocycles. The first-order valence-corrected chi connectivity index (χ1v) is 28.4. The van der Waals surface area contributed by atoms with Crippen LogP contribution in [0.5, 0.6) is 0 Å². The Labute approximate surface area is 418 Å². The Bertz CT molecular complexity index is 1180. The molecule has 0 N–H and O–H groups in total. The zero-order valence-corrected chi connectivity index (χ0v) is 45.4. The summed E-state index contributed by atoms with van der Waals surface area (Å²) in [6.45, 7) is 13.2. The molecule has 0 heterocycles. The third-order valence-electron chi connectivity index (χ3n) is 12.5. The van der Waals surface area contributed by atoms with Crippen LogP contribution in [0.15, 0.2) is 12.2 Å².